The van der Waals surface area contributed by atoms with E-state index in [0.29, 0.717) is 24.4 Å². The lowest BCUT2D eigenvalue weighted by molar-refractivity contribution is -0.117. The highest BCUT2D eigenvalue weighted by molar-refractivity contribution is 7.13. The predicted molar refractivity (Wildman–Crippen MR) is 94.8 cm³/mol. The molecule has 1 amide bonds. The second-order valence-corrected chi connectivity index (χ2v) is 6.71. The van der Waals surface area contributed by atoms with E-state index in [4.69, 9.17) is 9.26 Å². The van der Waals surface area contributed by atoms with Crippen molar-refractivity contribution in [1.29, 1.82) is 0 Å². The highest BCUT2D eigenvalue weighted by Crippen LogP contribution is 2.23. The van der Waals surface area contributed by atoms with Crippen molar-refractivity contribution in [1.82, 2.24) is 10.1 Å². The number of amides is 1. The molecule has 3 aromatic rings. The second kappa shape index (κ2) is 7.09. The minimum absolute atomic E-state index is 0.0937. The van der Waals surface area contributed by atoms with Crippen LogP contribution in [0, 0.1) is 0 Å². The van der Waals surface area contributed by atoms with Gasteiger partial charge in [0.05, 0.1) is 10.4 Å². The number of carbonyl (C=O) groups excluding carboxylic acids is 2. The van der Waals surface area contributed by atoms with Crippen molar-refractivity contribution < 1.29 is 18.8 Å². The number of nitrogens with zero attached hydrogens (tertiary/aromatic N) is 3. The summed E-state index contributed by atoms with van der Waals surface area (Å²) in [6.07, 6.45) is 1.43. The van der Waals surface area contributed by atoms with Gasteiger partial charge < -0.3 is 14.2 Å². The number of benzene rings is 1. The number of anilines is 1. The van der Waals surface area contributed by atoms with E-state index in [1.165, 1.54) is 11.3 Å². The molecule has 2 aromatic heterocycles. The standard InChI is InChI=1S/C18H15N3O4S/c22-16-4-1-9-21(16)13-7-5-12(6-8-13)18(23)24-11-15-19-17(20-25-15)14-3-2-10-26-14/h2-3,5-8,10H,1,4,9,11H2. The highest BCUT2D eigenvalue weighted by atomic mass is 32.1. The van der Waals surface area contributed by atoms with Gasteiger partial charge >= 0.3 is 5.97 Å². The Morgan fingerprint density at radius 3 is 2.81 bits per heavy atom. The van der Waals surface area contributed by atoms with Crippen LogP contribution in [0.3, 0.4) is 0 Å². The summed E-state index contributed by atoms with van der Waals surface area (Å²) >= 11 is 1.50. The summed E-state index contributed by atoms with van der Waals surface area (Å²) in [4.78, 5) is 30.7. The number of thiophene rings is 1. The van der Waals surface area contributed by atoms with Crippen LogP contribution >= 0.6 is 11.3 Å². The van der Waals surface area contributed by atoms with Crippen LogP contribution in [0.25, 0.3) is 10.7 Å². The maximum Gasteiger partial charge on any atom is 0.338 e. The fraction of sp³-hybridized carbons (Fsp3) is 0.222. The fourth-order valence-corrected chi connectivity index (χ4v) is 3.38. The first-order valence-corrected chi connectivity index (χ1v) is 9.03. The van der Waals surface area contributed by atoms with Gasteiger partial charge in [-0.15, -0.1) is 11.3 Å². The summed E-state index contributed by atoms with van der Waals surface area (Å²) in [6, 6.07) is 10.6. The van der Waals surface area contributed by atoms with Crippen molar-refractivity contribution in [3.05, 3.63) is 53.2 Å². The lowest BCUT2D eigenvalue weighted by atomic mass is 10.2. The molecule has 0 unspecified atom stereocenters. The average Bonchev–Trinajstić information content (AvgIpc) is 3.41. The normalized spacial score (nSPS) is 14.0. The van der Waals surface area contributed by atoms with Gasteiger partial charge in [-0.05, 0) is 42.1 Å². The molecule has 1 aliphatic heterocycles. The largest absolute Gasteiger partial charge is 0.452 e. The number of ether oxygens (including phenoxy) is 1. The Labute approximate surface area is 153 Å². The van der Waals surface area contributed by atoms with Crippen molar-refractivity contribution in [2.24, 2.45) is 0 Å². The number of hydrogen-bond donors (Lipinski definition) is 0. The minimum atomic E-state index is -0.486. The molecule has 0 bridgehead atoms. The van der Waals surface area contributed by atoms with E-state index >= 15 is 0 Å². The molecule has 26 heavy (non-hydrogen) atoms. The molecular weight excluding hydrogens is 354 g/mol. The molecular formula is C18H15N3O4S. The summed E-state index contributed by atoms with van der Waals surface area (Å²) in [6.45, 7) is 0.621. The first kappa shape index (κ1) is 16.5. The zero-order valence-corrected chi connectivity index (χ0v) is 14.6. The van der Waals surface area contributed by atoms with Crippen molar-refractivity contribution in [3.8, 4) is 10.7 Å². The molecule has 132 valence electrons. The van der Waals surface area contributed by atoms with Gasteiger partial charge in [0, 0.05) is 18.7 Å². The van der Waals surface area contributed by atoms with Crippen molar-refractivity contribution >= 4 is 28.9 Å². The Morgan fingerprint density at radius 1 is 1.27 bits per heavy atom. The van der Waals surface area contributed by atoms with Crippen molar-refractivity contribution in [3.63, 3.8) is 0 Å². The van der Waals surface area contributed by atoms with Gasteiger partial charge in [-0.25, -0.2) is 4.79 Å². The highest BCUT2D eigenvalue weighted by Gasteiger charge is 2.22. The van der Waals surface area contributed by atoms with Crippen LogP contribution < -0.4 is 4.90 Å². The van der Waals surface area contributed by atoms with Crippen LogP contribution in [-0.2, 0) is 16.1 Å². The molecule has 1 aliphatic rings. The molecule has 8 heteroatoms. The topological polar surface area (TPSA) is 85.5 Å². The first-order chi connectivity index (χ1) is 12.7. The van der Waals surface area contributed by atoms with E-state index in [-0.39, 0.29) is 18.4 Å². The van der Waals surface area contributed by atoms with E-state index in [0.717, 1.165) is 17.0 Å². The fourth-order valence-electron chi connectivity index (χ4n) is 2.73. The van der Waals surface area contributed by atoms with Gasteiger partial charge in [-0.2, -0.15) is 4.98 Å². The van der Waals surface area contributed by atoms with Gasteiger partial charge in [0.2, 0.25) is 11.7 Å². The van der Waals surface area contributed by atoms with Crippen LogP contribution in [0.1, 0.15) is 29.1 Å². The van der Waals surface area contributed by atoms with E-state index in [1.54, 1.807) is 29.2 Å². The monoisotopic (exact) mass is 369 g/mol. The van der Waals surface area contributed by atoms with Crippen LogP contribution in [-0.4, -0.2) is 28.6 Å². The van der Waals surface area contributed by atoms with Gasteiger partial charge in [0.15, 0.2) is 6.61 Å². The quantitative estimate of drug-likeness (QED) is 0.642. The Hall–Kier alpha value is -3.00. The lowest BCUT2D eigenvalue weighted by Crippen LogP contribution is -2.23. The average molecular weight is 369 g/mol. The molecule has 0 radical (unpaired) electrons. The van der Waals surface area contributed by atoms with Crippen LogP contribution in [0.4, 0.5) is 5.69 Å². The summed E-state index contributed by atoms with van der Waals surface area (Å²) in [5.41, 5.74) is 1.19. The van der Waals surface area contributed by atoms with E-state index in [2.05, 4.69) is 10.1 Å². The number of esters is 1. The zero-order chi connectivity index (χ0) is 17.9. The maximum absolute atomic E-state index is 12.2. The Kier molecular flexibility index (Phi) is 4.49. The first-order valence-electron chi connectivity index (χ1n) is 8.15. The molecule has 7 nitrogen and oxygen atoms in total. The molecule has 4 rings (SSSR count). The summed E-state index contributed by atoms with van der Waals surface area (Å²) in [5.74, 6) is 0.338. The zero-order valence-electron chi connectivity index (χ0n) is 13.8. The third-order valence-electron chi connectivity index (χ3n) is 4.02. The summed E-state index contributed by atoms with van der Waals surface area (Å²) < 4.78 is 10.3. The Balaban J connectivity index is 1.37. The molecule has 1 saturated heterocycles. The molecule has 0 aliphatic carbocycles. The van der Waals surface area contributed by atoms with Crippen molar-refractivity contribution in [2.75, 3.05) is 11.4 Å². The number of aromatic nitrogens is 2. The van der Waals surface area contributed by atoms with Gasteiger partial charge in [-0.1, -0.05) is 11.2 Å². The smallest absolute Gasteiger partial charge is 0.338 e. The predicted octanol–water partition coefficient (Wildman–Crippen LogP) is 3.28. The van der Waals surface area contributed by atoms with Crippen LogP contribution in [0.5, 0.6) is 0 Å². The number of rotatable bonds is 5. The lowest BCUT2D eigenvalue weighted by Gasteiger charge is -2.15. The van der Waals surface area contributed by atoms with Crippen molar-refractivity contribution in [2.45, 2.75) is 19.4 Å². The van der Waals surface area contributed by atoms with Crippen LogP contribution in [0.2, 0.25) is 0 Å². The summed E-state index contributed by atoms with van der Waals surface area (Å²) in [7, 11) is 0. The van der Waals surface area contributed by atoms with E-state index < -0.39 is 5.97 Å². The van der Waals surface area contributed by atoms with Crippen LogP contribution in [0.15, 0.2) is 46.3 Å². The molecule has 0 spiro atoms. The minimum Gasteiger partial charge on any atom is -0.452 e. The third-order valence-corrected chi connectivity index (χ3v) is 4.89. The van der Waals surface area contributed by atoms with Gasteiger partial charge in [0.25, 0.3) is 5.89 Å². The van der Waals surface area contributed by atoms with Gasteiger partial charge in [0.1, 0.15) is 0 Å². The number of carbonyl (C=O) groups is 2. The molecule has 0 atom stereocenters. The Bertz CT molecular complexity index is 918. The third kappa shape index (κ3) is 3.36. The molecule has 0 N–H and O–H groups in total. The maximum atomic E-state index is 12.2. The Morgan fingerprint density at radius 2 is 2.12 bits per heavy atom. The number of hydrogen-bond acceptors (Lipinski definition) is 7. The van der Waals surface area contributed by atoms with E-state index in [9.17, 15) is 9.59 Å². The molecule has 1 fully saturated rings. The SMILES string of the molecule is O=C(OCc1nc(-c2cccs2)no1)c1ccc(N2CCCC2=O)cc1. The summed E-state index contributed by atoms with van der Waals surface area (Å²) in [5, 5.41) is 5.79. The molecule has 1 aromatic carbocycles. The molecule has 0 saturated carbocycles. The van der Waals surface area contributed by atoms with E-state index in [1.807, 2.05) is 17.5 Å². The second-order valence-electron chi connectivity index (χ2n) is 5.76. The van der Waals surface area contributed by atoms with Gasteiger partial charge in [-0.3, -0.25) is 4.79 Å². The molecule has 3 heterocycles.